The summed E-state index contributed by atoms with van der Waals surface area (Å²) in [6, 6.07) is -0.738. The first-order valence-corrected chi connectivity index (χ1v) is 5.00. The van der Waals surface area contributed by atoms with Crippen LogP contribution in [0, 0.1) is 0 Å². The molecule has 98 valence electrons. The van der Waals surface area contributed by atoms with Crippen LogP contribution in [0.15, 0.2) is 0 Å². The lowest BCUT2D eigenvalue weighted by Gasteiger charge is -2.14. The highest BCUT2D eigenvalue weighted by Crippen LogP contribution is 2.01. The van der Waals surface area contributed by atoms with Crippen molar-refractivity contribution in [3.63, 3.8) is 0 Å². The summed E-state index contributed by atoms with van der Waals surface area (Å²) in [7, 11) is 3.73. The van der Waals surface area contributed by atoms with Gasteiger partial charge < -0.3 is 14.2 Å². The molecule has 0 aliphatic heterocycles. The van der Waals surface area contributed by atoms with Crippen LogP contribution in [0.1, 0.15) is 12.8 Å². The number of hydrogen-bond acceptors (Lipinski definition) is 7. The van der Waals surface area contributed by atoms with Crippen molar-refractivity contribution in [1.82, 2.24) is 5.32 Å². The Hall–Kier alpha value is -1.63. The average molecular weight is 247 g/mol. The number of rotatable bonds is 7. The molecule has 0 aromatic rings. The van der Waals surface area contributed by atoms with Crippen molar-refractivity contribution >= 4 is 17.9 Å². The minimum atomic E-state index is -0.738. The van der Waals surface area contributed by atoms with E-state index in [1.54, 1.807) is 0 Å². The number of esters is 3. The van der Waals surface area contributed by atoms with Crippen molar-refractivity contribution in [2.24, 2.45) is 0 Å². The first-order valence-electron chi connectivity index (χ1n) is 5.00. The van der Waals surface area contributed by atoms with E-state index in [1.807, 2.05) is 0 Å². The third kappa shape index (κ3) is 6.52. The Morgan fingerprint density at radius 3 is 2.06 bits per heavy atom. The fraction of sp³-hybridized carbons (Fsp3) is 0.700. The van der Waals surface area contributed by atoms with Crippen molar-refractivity contribution in [1.29, 1.82) is 0 Å². The largest absolute Gasteiger partial charge is 0.469 e. The molecule has 0 radical (unpaired) electrons. The summed E-state index contributed by atoms with van der Waals surface area (Å²) < 4.78 is 13.4. The van der Waals surface area contributed by atoms with Crippen molar-refractivity contribution in [2.45, 2.75) is 18.9 Å². The molecule has 0 fully saturated rings. The number of carbonyl (C=O) groups excluding carboxylic acids is 3. The van der Waals surface area contributed by atoms with Crippen molar-refractivity contribution < 1.29 is 28.6 Å². The molecule has 0 aliphatic carbocycles. The van der Waals surface area contributed by atoms with Crippen LogP contribution in [-0.2, 0) is 28.6 Å². The maximum Gasteiger partial charge on any atom is 0.322 e. The molecule has 0 aliphatic rings. The van der Waals surface area contributed by atoms with E-state index in [1.165, 1.54) is 21.3 Å². The van der Waals surface area contributed by atoms with Crippen LogP contribution >= 0.6 is 0 Å². The maximum atomic E-state index is 11.3. The molecular formula is C10H17NO6. The monoisotopic (exact) mass is 247 g/mol. The van der Waals surface area contributed by atoms with Crippen LogP contribution in [0.2, 0.25) is 0 Å². The second-order valence-corrected chi connectivity index (χ2v) is 3.15. The second kappa shape index (κ2) is 8.51. The van der Waals surface area contributed by atoms with E-state index in [-0.39, 0.29) is 19.4 Å². The lowest BCUT2D eigenvalue weighted by Crippen LogP contribution is -2.41. The van der Waals surface area contributed by atoms with E-state index in [2.05, 4.69) is 19.5 Å². The second-order valence-electron chi connectivity index (χ2n) is 3.15. The number of carbonyl (C=O) groups is 3. The zero-order chi connectivity index (χ0) is 13.3. The Morgan fingerprint density at radius 2 is 1.59 bits per heavy atom. The molecule has 0 unspecified atom stereocenters. The minimum Gasteiger partial charge on any atom is -0.469 e. The Balaban J connectivity index is 4.19. The van der Waals surface area contributed by atoms with Crippen molar-refractivity contribution in [3.05, 3.63) is 0 Å². The molecule has 1 N–H and O–H groups in total. The van der Waals surface area contributed by atoms with Crippen molar-refractivity contribution in [3.8, 4) is 0 Å². The van der Waals surface area contributed by atoms with Crippen LogP contribution in [0.25, 0.3) is 0 Å². The summed E-state index contributed by atoms with van der Waals surface area (Å²) in [5.74, 6) is -1.48. The van der Waals surface area contributed by atoms with Gasteiger partial charge in [-0.3, -0.25) is 19.7 Å². The fourth-order valence-electron chi connectivity index (χ4n) is 1.09. The van der Waals surface area contributed by atoms with E-state index in [9.17, 15) is 14.4 Å². The van der Waals surface area contributed by atoms with E-state index < -0.39 is 23.9 Å². The molecule has 7 nitrogen and oxygen atoms in total. The first kappa shape index (κ1) is 15.4. The van der Waals surface area contributed by atoms with Crippen LogP contribution in [0.4, 0.5) is 0 Å². The highest BCUT2D eigenvalue weighted by molar-refractivity contribution is 5.78. The van der Waals surface area contributed by atoms with E-state index in [4.69, 9.17) is 0 Å². The van der Waals surface area contributed by atoms with Crippen LogP contribution < -0.4 is 5.32 Å². The molecule has 0 amide bonds. The molecule has 0 spiro atoms. The van der Waals surface area contributed by atoms with Gasteiger partial charge in [0.05, 0.1) is 27.9 Å². The van der Waals surface area contributed by atoms with Gasteiger partial charge in [0, 0.05) is 6.42 Å². The standard InChI is InChI=1S/C10H17NO6/c1-15-8(12)5-4-7(10(14)17-3)11-6-9(13)16-2/h7,11H,4-6H2,1-3H3/t7-/m0/s1. The highest BCUT2D eigenvalue weighted by atomic mass is 16.5. The Kier molecular flexibility index (Phi) is 7.70. The van der Waals surface area contributed by atoms with E-state index in [0.29, 0.717) is 0 Å². The van der Waals surface area contributed by atoms with Crippen LogP contribution in [0.5, 0.6) is 0 Å². The van der Waals surface area contributed by atoms with Gasteiger partial charge in [0.15, 0.2) is 0 Å². The van der Waals surface area contributed by atoms with Gasteiger partial charge in [-0.1, -0.05) is 0 Å². The average Bonchev–Trinajstić information content (AvgIpc) is 2.36. The van der Waals surface area contributed by atoms with Gasteiger partial charge in [-0.25, -0.2) is 0 Å². The lowest BCUT2D eigenvalue weighted by atomic mass is 10.1. The summed E-state index contributed by atoms with van der Waals surface area (Å²) in [6.07, 6.45) is 0.251. The molecule has 17 heavy (non-hydrogen) atoms. The molecule has 0 saturated heterocycles. The van der Waals surface area contributed by atoms with Crippen LogP contribution in [-0.4, -0.2) is 51.8 Å². The van der Waals surface area contributed by atoms with E-state index in [0.717, 1.165) is 0 Å². The summed E-state index contributed by atoms with van der Waals surface area (Å²) in [6.45, 7) is -0.128. The fourth-order valence-corrected chi connectivity index (χ4v) is 1.09. The number of nitrogens with one attached hydrogen (secondary N) is 1. The zero-order valence-electron chi connectivity index (χ0n) is 10.1. The molecule has 0 rings (SSSR count). The van der Waals surface area contributed by atoms with Gasteiger partial charge in [0.2, 0.25) is 0 Å². The number of hydrogen-bond donors (Lipinski definition) is 1. The SMILES string of the molecule is COC(=O)CC[C@H](NCC(=O)OC)C(=O)OC. The van der Waals surface area contributed by atoms with Crippen LogP contribution in [0.3, 0.4) is 0 Å². The maximum absolute atomic E-state index is 11.3. The lowest BCUT2D eigenvalue weighted by molar-refractivity contribution is -0.145. The summed E-state index contributed by atoms with van der Waals surface area (Å²) in [5, 5.41) is 2.64. The third-order valence-electron chi connectivity index (χ3n) is 2.07. The quantitative estimate of drug-likeness (QED) is 0.467. The Bertz CT molecular complexity index is 258. The van der Waals surface area contributed by atoms with E-state index >= 15 is 0 Å². The molecule has 0 heterocycles. The Labute approximate surface area is 99.4 Å². The van der Waals surface area contributed by atoms with Gasteiger partial charge in [0.25, 0.3) is 0 Å². The van der Waals surface area contributed by atoms with Gasteiger partial charge in [-0.15, -0.1) is 0 Å². The normalized spacial score (nSPS) is 11.5. The predicted molar refractivity (Wildman–Crippen MR) is 57.1 cm³/mol. The minimum absolute atomic E-state index is 0.0600. The van der Waals surface area contributed by atoms with Gasteiger partial charge in [-0.05, 0) is 6.42 Å². The molecule has 0 bridgehead atoms. The van der Waals surface area contributed by atoms with Gasteiger partial charge in [0.1, 0.15) is 6.04 Å². The number of methoxy groups -OCH3 is 3. The predicted octanol–water partition coefficient (Wildman–Crippen LogP) is -0.756. The zero-order valence-corrected chi connectivity index (χ0v) is 10.1. The molecule has 7 heteroatoms. The van der Waals surface area contributed by atoms with Gasteiger partial charge >= 0.3 is 17.9 Å². The van der Waals surface area contributed by atoms with Crippen molar-refractivity contribution in [2.75, 3.05) is 27.9 Å². The highest BCUT2D eigenvalue weighted by Gasteiger charge is 2.21. The smallest absolute Gasteiger partial charge is 0.322 e. The molecule has 0 aromatic carbocycles. The topological polar surface area (TPSA) is 90.9 Å². The van der Waals surface area contributed by atoms with Gasteiger partial charge in [-0.2, -0.15) is 0 Å². The number of ether oxygens (including phenoxy) is 3. The Morgan fingerprint density at radius 1 is 1.00 bits per heavy atom. The summed E-state index contributed by atoms with van der Waals surface area (Å²) in [5.41, 5.74) is 0. The molecule has 1 atom stereocenters. The summed E-state index contributed by atoms with van der Waals surface area (Å²) in [4.78, 5) is 33.1. The first-order chi connectivity index (χ1) is 8.04. The third-order valence-corrected chi connectivity index (χ3v) is 2.07. The molecule has 0 aromatic heterocycles. The molecule has 0 saturated carbocycles. The molecular weight excluding hydrogens is 230 g/mol. The summed E-state index contributed by atoms with van der Waals surface area (Å²) >= 11 is 0.